The summed E-state index contributed by atoms with van der Waals surface area (Å²) in [7, 11) is -0.197. The summed E-state index contributed by atoms with van der Waals surface area (Å²) in [4.78, 5) is 2.14. The normalized spacial score (nSPS) is 19.2. The van der Waals surface area contributed by atoms with Crippen molar-refractivity contribution >= 4 is 21.4 Å². The molecule has 0 amide bonds. The largest absolute Gasteiger partial charge is 0.398 e. The molecule has 2 rings (SSSR count). The van der Waals surface area contributed by atoms with Crippen molar-refractivity contribution in [2.24, 2.45) is 0 Å². The lowest BCUT2D eigenvalue weighted by Crippen LogP contribution is -2.28. The standard InChI is InChI=1S/C13H21N3O3S/c1-15-20(17,18)13-6-5-10(8-12(13)14)16(2)9-11-4-3-7-19-11/h5-6,8,11,15H,3-4,7,9,14H2,1-2H3. The number of nitrogens with zero attached hydrogens (tertiary/aromatic N) is 1. The number of hydrogen-bond acceptors (Lipinski definition) is 5. The fraction of sp³-hybridized carbons (Fsp3) is 0.538. The van der Waals surface area contributed by atoms with E-state index in [1.165, 1.54) is 13.1 Å². The molecule has 1 atom stereocenters. The molecule has 0 saturated carbocycles. The van der Waals surface area contributed by atoms with Crippen molar-refractivity contribution in [3.05, 3.63) is 18.2 Å². The number of rotatable bonds is 5. The maximum absolute atomic E-state index is 11.8. The molecule has 6 nitrogen and oxygen atoms in total. The highest BCUT2D eigenvalue weighted by atomic mass is 32.2. The lowest BCUT2D eigenvalue weighted by Gasteiger charge is -2.23. The second kappa shape index (κ2) is 5.99. The molecule has 1 saturated heterocycles. The summed E-state index contributed by atoms with van der Waals surface area (Å²) in [6.07, 6.45) is 2.40. The van der Waals surface area contributed by atoms with Crippen LogP contribution in [0.25, 0.3) is 0 Å². The van der Waals surface area contributed by atoms with Crippen LogP contribution >= 0.6 is 0 Å². The van der Waals surface area contributed by atoms with E-state index < -0.39 is 10.0 Å². The third kappa shape index (κ3) is 3.23. The Morgan fingerprint density at radius 1 is 1.50 bits per heavy atom. The molecule has 1 fully saturated rings. The van der Waals surface area contributed by atoms with Crippen LogP contribution in [0.1, 0.15) is 12.8 Å². The fourth-order valence-electron chi connectivity index (χ4n) is 2.33. The number of ether oxygens (including phenoxy) is 1. The van der Waals surface area contributed by atoms with Crippen LogP contribution in [0, 0.1) is 0 Å². The molecular weight excluding hydrogens is 278 g/mol. The maximum atomic E-state index is 11.8. The summed E-state index contributed by atoms with van der Waals surface area (Å²) in [5.41, 5.74) is 6.98. The Morgan fingerprint density at radius 3 is 2.80 bits per heavy atom. The molecule has 1 aromatic rings. The third-order valence-electron chi connectivity index (χ3n) is 3.49. The van der Waals surface area contributed by atoms with Gasteiger partial charge in [-0.05, 0) is 38.1 Å². The number of anilines is 2. The van der Waals surface area contributed by atoms with E-state index in [0.717, 1.165) is 31.7 Å². The lowest BCUT2D eigenvalue weighted by atomic mass is 10.2. The van der Waals surface area contributed by atoms with Crippen molar-refractivity contribution in [1.29, 1.82) is 0 Å². The van der Waals surface area contributed by atoms with Gasteiger partial charge in [-0.15, -0.1) is 0 Å². The highest BCUT2D eigenvalue weighted by Gasteiger charge is 2.19. The second-order valence-corrected chi connectivity index (χ2v) is 6.80. The molecule has 20 heavy (non-hydrogen) atoms. The summed E-state index contributed by atoms with van der Waals surface area (Å²) in [6, 6.07) is 4.97. The SMILES string of the molecule is CNS(=O)(=O)c1ccc(N(C)CC2CCCO2)cc1N. The molecule has 1 unspecified atom stereocenters. The van der Waals surface area contributed by atoms with Crippen LogP contribution in [0.5, 0.6) is 0 Å². The highest BCUT2D eigenvalue weighted by molar-refractivity contribution is 7.89. The van der Waals surface area contributed by atoms with Crippen LogP contribution in [0.2, 0.25) is 0 Å². The van der Waals surface area contributed by atoms with Crippen LogP contribution < -0.4 is 15.4 Å². The number of nitrogens with one attached hydrogen (secondary N) is 1. The van der Waals surface area contributed by atoms with E-state index in [-0.39, 0.29) is 16.7 Å². The Labute approximate surface area is 120 Å². The molecule has 1 aromatic carbocycles. The molecule has 1 aliphatic rings. The molecule has 112 valence electrons. The van der Waals surface area contributed by atoms with Crippen molar-refractivity contribution in [2.75, 3.05) is 37.9 Å². The van der Waals surface area contributed by atoms with Gasteiger partial charge in [-0.1, -0.05) is 0 Å². The van der Waals surface area contributed by atoms with Crippen molar-refractivity contribution in [1.82, 2.24) is 4.72 Å². The van der Waals surface area contributed by atoms with Gasteiger partial charge < -0.3 is 15.4 Å². The average Bonchev–Trinajstić information content (AvgIpc) is 2.91. The molecular formula is C13H21N3O3S. The first-order valence-corrected chi connectivity index (χ1v) is 8.08. The number of benzene rings is 1. The Bertz CT molecular complexity index is 568. The quantitative estimate of drug-likeness (QED) is 0.785. The Kier molecular flexibility index (Phi) is 4.52. The zero-order valence-corrected chi connectivity index (χ0v) is 12.6. The molecule has 0 radical (unpaired) electrons. The zero-order valence-electron chi connectivity index (χ0n) is 11.8. The van der Waals surface area contributed by atoms with Crippen LogP contribution in [0.4, 0.5) is 11.4 Å². The molecule has 0 aromatic heterocycles. The number of nitrogens with two attached hydrogens (primary N) is 1. The first kappa shape index (κ1) is 15.1. The van der Waals surface area contributed by atoms with Gasteiger partial charge in [0.25, 0.3) is 0 Å². The van der Waals surface area contributed by atoms with E-state index in [2.05, 4.69) is 4.72 Å². The van der Waals surface area contributed by atoms with Gasteiger partial charge in [0.2, 0.25) is 10.0 Å². The number of nitrogen functional groups attached to an aromatic ring is 1. The van der Waals surface area contributed by atoms with Crippen LogP contribution in [-0.4, -0.2) is 41.8 Å². The zero-order chi connectivity index (χ0) is 14.8. The van der Waals surface area contributed by atoms with Gasteiger partial charge in [-0.3, -0.25) is 0 Å². The topological polar surface area (TPSA) is 84.7 Å². The second-order valence-electron chi connectivity index (χ2n) is 4.95. The molecule has 0 aliphatic carbocycles. The van der Waals surface area contributed by atoms with Gasteiger partial charge in [0.05, 0.1) is 11.8 Å². The van der Waals surface area contributed by atoms with Crippen LogP contribution in [-0.2, 0) is 14.8 Å². The summed E-state index contributed by atoms with van der Waals surface area (Å²) < 4.78 is 31.4. The lowest BCUT2D eigenvalue weighted by molar-refractivity contribution is 0.116. The summed E-state index contributed by atoms with van der Waals surface area (Å²) >= 11 is 0. The van der Waals surface area contributed by atoms with Gasteiger partial charge in [-0.2, -0.15) is 0 Å². The minimum absolute atomic E-state index is 0.106. The predicted molar refractivity (Wildman–Crippen MR) is 79.3 cm³/mol. The van der Waals surface area contributed by atoms with Gasteiger partial charge in [0.15, 0.2) is 0 Å². The van der Waals surface area contributed by atoms with E-state index in [4.69, 9.17) is 10.5 Å². The van der Waals surface area contributed by atoms with E-state index in [1.54, 1.807) is 12.1 Å². The first-order valence-electron chi connectivity index (χ1n) is 6.60. The average molecular weight is 299 g/mol. The summed E-state index contributed by atoms with van der Waals surface area (Å²) in [5, 5.41) is 0. The Morgan fingerprint density at radius 2 is 2.25 bits per heavy atom. The third-order valence-corrected chi connectivity index (χ3v) is 4.98. The molecule has 7 heteroatoms. The monoisotopic (exact) mass is 299 g/mol. The maximum Gasteiger partial charge on any atom is 0.242 e. The summed E-state index contributed by atoms with van der Waals surface area (Å²) in [6.45, 7) is 1.59. The number of sulfonamides is 1. The van der Waals surface area contributed by atoms with Gasteiger partial charge in [0, 0.05) is 25.9 Å². The van der Waals surface area contributed by atoms with Crippen molar-refractivity contribution in [2.45, 2.75) is 23.8 Å². The Hall–Kier alpha value is -1.31. The number of hydrogen-bond donors (Lipinski definition) is 2. The van der Waals surface area contributed by atoms with E-state index in [0.29, 0.717) is 0 Å². The molecule has 3 N–H and O–H groups in total. The minimum Gasteiger partial charge on any atom is -0.398 e. The van der Waals surface area contributed by atoms with E-state index in [9.17, 15) is 8.42 Å². The van der Waals surface area contributed by atoms with E-state index in [1.807, 2.05) is 11.9 Å². The van der Waals surface area contributed by atoms with Gasteiger partial charge >= 0.3 is 0 Å². The first-order chi connectivity index (χ1) is 9.44. The molecule has 0 spiro atoms. The van der Waals surface area contributed by atoms with Crippen molar-refractivity contribution in [3.63, 3.8) is 0 Å². The summed E-state index contributed by atoms with van der Waals surface area (Å²) in [5.74, 6) is 0. The van der Waals surface area contributed by atoms with Gasteiger partial charge in [-0.25, -0.2) is 13.1 Å². The van der Waals surface area contributed by atoms with Gasteiger partial charge in [0.1, 0.15) is 4.90 Å². The molecule has 0 bridgehead atoms. The molecule has 1 aliphatic heterocycles. The van der Waals surface area contributed by atoms with Crippen LogP contribution in [0.3, 0.4) is 0 Å². The Balaban J connectivity index is 2.16. The highest BCUT2D eigenvalue weighted by Crippen LogP contribution is 2.25. The van der Waals surface area contributed by atoms with Crippen molar-refractivity contribution in [3.8, 4) is 0 Å². The van der Waals surface area contributed by atoms with Crippen molar-refractivity contribution < 1.29 is 13.2 Å². The predicted octanol–water partition coefficient (Wildman–Crippen LogP) is 0.792. The minimum atomic E-state index is -3.51. The molecule has 1 heterocycles. The van der Waals surface area contributed by atoms with E-state index >= 15 is 0 Å². The number of likely N-dealkylation sites (N-methyl/N-ethyl adjacent to an activating group) is 1. The smallest absolute Gasteiger partial charge is 0.242 e. The van der Waals surface area contributed by atoms with Crippen LogP contribution in [0.15, 0.2) is 23.1 Å². The fourth-order valence-corrected chi connectivity index (χ4v) is 3.16.